The van der Waals surface area contributed by atoms with Crippen LogP contribution in [0.15, 0.2) is 6.07 Å². The summed E-state index contributed by atoms with van der Waals surface area (Å²) in [6, 6.07) is 1.38. The molecule has 2 aromatic heterocycles. The Labute approximate surface area is 81.2 Å². The molecule has 1 N–H and O–H groups in total. The Morgan fingerprint density at radius 1 is 1.54 bits per heavy atom. The monoisotopic (exact) mass is 216 g/mol. The number of fused-ring (bicyclic) bond motifs is 1. The van der Waals surface area contributed by atoms with E-state index in [9.17, 15) is 9.18 Å². The molecule has 5 heteroatoms. The fraction of sp³-hybridized carbons (Fsp3) is 0.125. The standard InChI is InChI=1S/C8H5FO2S2/c1-3-6-4(2-5(9)13-6)12-7(3)8(10)11/h2H,1H3,(H,10,11). The molecule has 2 aromatic rings. The van der Waals surface area contributed by atoms with Crippen LogP contribution in [-0.4, -0.2) is 11.1 Å². The van der Waals surface area contributed by atoms with Crippen molar-refractivity contribution in [3.63, 3.8) is 0 Å². The first-order valence-corrected chi connectivity index (χ1v) is 5.14. The van der Waals surface area contributed by atoms with Crippen LogP contribution in [0.4, 0.5) is 4.39 Å². The Bertz CT molecular complexity index is 484. The van der Waals surface area contributed by atoms with Crippen molar-refractivity contribution in [2.24, 2.45) is 0 Å². The van der Waals surface area contributed by atoms with E-state index in [1.165, 1.54) is 6.07 Å². The second-order valence-corrected chi connectivity index (χ2v) is 4.66. The molecular formula is C8H5FO2S2. The summed E-state index contributed by atoms with van der Waals surface area (Å²) < 4.78 is 14.2. The van der Waals surface area contributed by atoms with Gasteiger partial charge in [-0.15, -0.1) is 22.7 Å². The van der Waals surface area contributed by atoms with Crippen LogP contribution < -0.4 is 0 Å². The molecule has 0 amide bonds. The number of carboxylic acid groups (broad SMARTS) is 1. The van der Waals surface area contributed by atoms with Crippen LogP contribution in [0.25, 0.3) is 9.40 Å². The van der Waals surface area contributed by atoms with Crippen LogP contribution >= 0.6 is 22.7 Å². The van der Waals surface area contributed by atoms with E-state index in [0.29, 0.717) is 10.4 Å². The van der Waals surface area contributed by atoms with Crippen molar-refractivity contribution in [3.8, 4) is 0 Å². The summed E-state index contributed by atoms with van der Waals surface area (Å²) in [4.78, 5) is 11.0. The van der Waals surface area contributed by atoms with E-state index in [1.807, 2.05) is 0 Å². The number of rotatable bonds is 1. The topological polar surface area (TPSA) is 37.3 Å². The van der Waals surface area contributed by atoms with E-state index < -0.39 is 5.97 Å². The molecule has 13 heavy (non-hydrogen) atoms. The van der Waals surface area contributed by atoms with Gasteiger partial charge >= 0.3 is 5.97 Å². The highest BCUT2D eigenvalue weighted by atomic mass is 32.1. The molecule has 2 heterocycles. The molecule has 0 saturated carbocycles. The third kappa shape index (κ3) is 1.24. The average Bonchev–Trinajstić information content (AvgIpc) is 2.51. The van der Waals surface area contributed by atoms with Crippen molar-refractivity contribution < 1.29 is 14.3 Å². The van der Waals surface area contributed by atoms with Gasteiger partial charge in [0.05, 0.1) is 4.70 Å². The zero-order valence-electron chi connectivity index (χ0n) is 6.63. The molecule has 0 unspecified atom stereocenters. The Morgan fingerprint density at radius 3 is 2.77 bits per heavy atom. The van der Waals surface area contributed by atoms with Crippen molar-refractivity contribution in [3.05, 3.63) is 21.6 Å². The minimum absolute atomic E-state index is 0.263. The second kappa shape index (κ2) is 2.78. The van der Waals surface area contributed by atoms with E-state index in [-0.39, 0.29) is 5.13 Å². The molecule has 0 aromatic carbocycles. The molecule has 0 aliphatic rings. The lowest BCUT2D eigenvalue weighted by molar-refractivity contribution is 0.0701. The van der Waals surface area contributed by atoms with Gasteiger partial charge in [0, 0.05) is 10.8 Å². The average molecular weight is 216 g/mol. The molecule has 0 saturated heterocycles. The minimum Gasteiger partial charge on any atom is -0.477 e. The molecule has 0 radical (unpaired) electrons. The lowest BCUT2D eigenvalue weighted by atomic mass is 10.3. The van der Waals surface area contributed by atoms with Crippen LogP contribution in [0.3, 0.4) is 0 Å². The van der Waals surface area contributed by atoms with E-state index in [4.69, 9.17) is 5.11 Å². The summed E-state index contributed by atoms with van der Waals surface area (Å²) in [5.74, 6) is -0.939. The molecule has 0 aliphatic heterocycles. The van der Waals surface area contributed by atoms with E-state index in [0.717, 1.165) is 32.1 Å². The van der Waals surface area contributed by atoms with E-state index >= 15 is 0 Å². The predicted octanol–water partition coefficient (Wildman–Crippen LogP) is 3.11. The number of halogens is 1. The molecule has 0 fully saturated rings. The summed E-state index contributed by atoms with van der Waals surface area (Å²) in [5, 5.41) is 8.51. The lowest BCUT2D eigenvalue weighted by Crippen LogP contribution is -1.93. The van der Waals surface area contributed by atoms with Crippen LogP contribution in [0.2, 0.25) is 0 Å². The Morgan fingerprint density at radius 2 is 2.23 bits per heavy atom. The maximum absolute atomic E-state index is 12.7. The number of carboxylic acids is 1. The van der Waals surface area contributed by atoms with Gasteiger partial charge in [-0.3, -0.25) is 0 Å². The number of thiophene rings is 2. The van der Waals surface area contributed by atoms with Gasteiger partial charge in [-0.25, -0.2) is 4.79 Å². The zero-order valence-corrected chi connectivity index (χ0v) is 8.26. The predicted molar refractivity (Wildman–Crippen MR) is 51.4 cm³/mol. The lowest BCUT2D eigenvalue weighted by Gasteiger charge is -1.88. The summed E-state index contributed by atoms with van der Waals surface area (Å²) >= 11 is 2.12. The molecular weight excluding hydrogens is 211 g/mol. The third-order valence-electron chi connectivity index (χ3n) is 1.76. The van der Waals surface area contributed by atoms with Gasteiger partial charge in [-0.05, 0) is 12.5 Å². The summed E-state index contributed by atoms with van der Waals surface area (Å²) in [6.07, 6.45) is 0. The summed E-state index contributed by atoms with van der Waals surface area (Å²) in [6.45, 7) is 1.71. The van der Waals surface area contributed by atoms with Gasteiger partial charge in [0.25, 0.3) is 0 Å². The van der Waals surface area contributed by atoms with Crippen molar-refractivity contribution in [1.82, 2.24) is 0 Å². The molecule has 68 valence electrons. The number of hydrogen-bond acceptors (Lipinski definition) is 3. The molecule has 2 rings (SSSR count). The van der Waals surface area contributed by atoms with Crippen LogP contribution in [0.1, 0.15) is 15.2 Å². The van der Waals surface area contributed by atoms with Crippen molar-refractivity contribution in [1.29, 1.82) is 0 Å². The maximum atomic E-state index is 12.7. The number of hydrogen-bond donors (Lipinski definition) is 1. The highest BCUT2D eigenvalue weighted by molar-refractivity contribution is 7.28. The van der Waals surface area contributed by atoms with Gasteiger partial charge in [0.15, 0.2) is 5.13 Å². The molecule has 0 bridgehead atoms. The Kier molecular flexibility index (Phi) is 1.85. The molecule has 0 aliphatic carbocycles. The first-order valence-electron chi connectivity index (χ1n) is 3.51. The van der Waals surface area contributed by atoms with Gasteiger partial charge < -0.3 is 5.11 Å². The van der Waals surface area contributed by atoms with Crippen LogP contribution in [0.5, 0.6) is 0 Å². The number of carbonyl (C=O) groups is 1. The molecule has 0 atom stereocenters. The maximum Gasteiger partial charge on any atom is 0.346 e. The minimum atomic E-state index is -0.939. The zero-order chi connectivity index (χ0) is 9.59. The van der Waals surface area contributed by atoms with Crippen molar-refractivity contribution in [2.75, 3.05) is 0 Å². The smallest absolute Gasteiger partial charge is 0.346 e. The van der Waals surface area contributed by atoms with Crippen molar-refractivity contribution in [2.45, 2.75) is 6.92 Å². The normalized spacial score (nSPS) is 10.9. The quantitative estimate of drug-likeness (QED) is 0.795. The Balaban J connectivity index is 2.76. The first kappa shape index (κ1) is 8.65. The highest BCUT2D eigenvalue weighted by Gasteiger charge is 2.16. The number of aryl methyl sites for hydroxylation is 1. The largest absolute Gasteiger partial charge is 0.477 e. The second-order valence-electron chi connectivity index (χ2n) is 2.61. The highest BCUT2D eigenvalue weighted by Crippen LogP contribution is 2.36. The van der Waals surface area contributed by atoms with E-state index in [2.05, 4.69) is 0 Å². The van der Waals surface area contributed by atoms with E-state index in [1.54, 1.807) is 6.92 Å². The fourth-order valence-electron chi connectivity index (χ4n) is 1.18. The van der Waals surface area contributed by atoms with Gasteiger partial charge in [0.1, 0.15) is 4.88 Å². The fourth-order valence-corrected chi connectivity index (χ4v) is 3.32. The first-order chi connectivity index (χ1) is 6.09. The Hall–Kier alpha value is -0.940. The summed E-state index contributed by atoms with van der Waals surface area (Å²) in [5.41, 5.74) is 0.668. The molecule has 0 spiro atoms. The van der Waals surface area contributed by atoms with Crippen LogP contribution in [-0.2, 0) is 0 Å². The number of aromatic carboxylic acids is 1. The molecule has 2 nitrogen and oxygen atoms in total. The van der Waals surface area contributed by atoms with Crippen molar-refractivity contribution >= 4 is 38.0 Å². The third-order valence-corrected chi connectivity index (χ3v) is 4.15. The van der Waals surface area contributed by atoms with Gasteiger partial charge in [-0.1, -0.05) is 0 Å². The summed E-state index contributed by atoms with van der Waals surface area (Å²) in [7, 11) is 0. The van der Waals surface area contributed by atoms with Gasteiger partial charge in [0.2, 0.25) is 0 Å². The van der Waals surface area contributed by atoms with Crippen LogP contribution in [0, 0.1) is 12.1 Å². The van der Waals surface area contributed by atoms with Gasteiger partial charge in [-0.2, -0.15) is 4.39 Å². The SMILES string of the molecule is Cc1c(C(=O)O)sc2cc(F)sc12.